The van der Waals surface area contributed by atoms with E-state index in [1.165, 1.54) is 18.4 Å². The number of carbonyl (C=O) groups excluding carboxylic acids is 1. The van der Waals surface area contributed by atoms with Crippen LogP contribution in [0.3, 0.4) is 0 Å². The summed E-state index contributed by atoms with van der Waals surface area (Å²) >= 11 is 13.7. The van der Waals surface area contributed by atoms with Crippen molar-refractivity contribution in [2.45, 2.75) is 13.3 Å². The normalized spacial score (nSPS) is 10.5. The zero-order valence-corrected chi connectivity index (χ0v) is 12.7. The molecule has 1 heterocycles. The number of methoxy groups -OCH3 is 1. The van der Waals surface area contributed by atoms with E-state index in [9.17, 15) is 4.79 Å². The lowest BCUT2D eigenvalue weighted by Gasteiger charge is -2.04. The molecule has 0 saturated carbocycles. The lowest BCUT2D eigenvalue weighted by molar-refractivity contribution is 0.0594. The van der Waals surface area contributed by atoms with E-state index in [0.29, 0.717) is 22.2 Å². The van der Waals surface area contributed by atoms with Crippen LogP contribution in [0.25, 0.3) is 0 Å². The third-order valence-corrected chi connectivity index (χ3v) is 4.29. The number of esters is 1. The molecule has 0 aliphatic carbocycles. The average molecular weight is 316 g/mol. The smallest absolute Gasteiger partial charge is 0.357 e. The Morgan fingerprint density at radius 2 is 2.00 bits per heavy atom. The van der Waals surface area contributed by atoms with Crippen LogP contribution in [0, 0.1) is 6.92 Å². The predicted octanol–water partition coefficient (Wildman–Crippen LogP) is 4.14. The number of benzene rings is 1. The molecule has 0 saturated heterocycles. The van der Waals surface area contributed by atoms with Crippen molar-refractivity contribution >= 4 is 40.5 Å². The SMILES string of the molecule is COC(=O)c1nc(Cc2c(Cl)cccc2Cl)sc1C. The third kappa shape index (κ3) is 3.08. The van der Waals surface area contributed by atoms with E-state index in [4.69, 9.17) is 23.2 Å². The van der Waals surface area contributed by atoms with E-state index in [-0.39, 0.29) is 0 Å². The Balaban J connectivity index is 2.32. The molecule has 0 bridgehead atoms. The molecule has 2 rings (SSSR count). The number of ether oxygens (including phenoxy) is 1. The van der Waals surface area contributed by atoms with Gasteiger partial charge >= 0.3 is 5.97 Å². The predicted molar refractivity (Wildman–Crippen MR) is 77.5 cm³/mol. The van der Waals surface area contributed by atoms with Crippen LogP contribution in [0.4, 0.5) is 0 Å². The number of halogens is 2. The summed E-state index contributed by atoms with van der Waals surface area (Å²) in [5.41, 5.74) is 1.17. The van der Waals surface area contributed by atoms with Gasteiger partial charge in [-0.2, -0.15) is 0 Å². The van der Waals surface area contributed by atoms with E-state index in [0.717, 1.165) is 15.4 Å². The van der Waals surface area contributed by atoms with E-state index < -0.39 is 5.97 Å². The van der Waals surface area contributed by atoms with Crippen molar-refractivity contribution in [1.82, 2.24) is 4.98 Å². The molecule has 0 aliphatic heterocycles. The minimum atomic E-state index is -0.426. The second-order valence-electron chi connectivity index (χ2n) is 3.88. The topological polar surface area (TPSA) is 39.2 Å². The van der Waals surface area contributed by atoms with E-state index in [1.54, 1.807) is 18.2 Å². The number of aryl methyl sites for hydroxylation is 1. The van der Waals surface area contributed by atoms with Crippen LogP contribution < -0.4 is 0 Å². The molecular formula is C13H11Cl2NO2S. The first-order valence-electron chi connectivity index (χ1n) is 5.50. The molecule has 6 heteroatoms. The Labute approximate surface area is 125 Å². The molecule has 0 amide bonds. The average Bonchev–Trinajstić information content (AvgIpc) is 2.74. The second-order valence-corrected chi connectivity index (χ2v) is 5.98. The van der Waals surface area contributed by atoms with Gasteiger partial charge in [0.15, 0.2) is 5.69 Å². The first kappa shape index (κ1) is 14.3. The fourth-order valence-corrected chi connectivity index (χ4v) is 3.13. The number of hydrogen-bond donors (Lipinski definition) is 0. The van der Waals surface area contributed by atoms with Crippen LogP contribution in [0.2, 0.25) is 10.0 Å². The fraction of sp³-hybridized carbons (Fsp3) is 0.231. The zero-order valence-electron chi connectivity index (χ0n) is 10.4. The van der Waals surface area contributed by atoms with Gasteiger partial charge in [0.1, 0.15) is 0 Å². The summed E-state index contributed by atoms with van der Waals surface area (Å²) in [6, 6.07) is 5.36. The molecule has 1 aromatic heterocycles. The molecule has 0 atom stereocenters. The summed E-state index contributed by atoms with van der Waals surface area (Å²) in [4.78, 5) is 16.6. The van der Waals surface area contributed by atoms with E-state index in [1.807, 2.05) is 6.92 Å². The van der Waals surface area contributed by atoms with E-state index in [2.05, 4.69) is 9.72 Å². The lowest BCUT2D eigenvalue weighted by atomic mass is 10.1. The Kier molecular flexibility index (Phi) is 4.45. The number of nitrogens with zero attached hydrogens (tertiary/aromatic N) is 1. The van der Waals surface area contributed by atoms with Crippen molar-refractivity contribution in [2.24, 2.45) is 0 Å². The number of rotatable bonds is 3. The highest BCUT2D eigenvalue weighted by molar-refractivity contribution is 7.11. The van der Waals surface area contributed by atoms with Crippen molar-refractivity contribution in [3.05, 3.63) is 49.4 Å². The third-order valence-electron chi connectivity index (χ3n) is 2.61. The summed E-state index contributed by atoms with van der Waals surface area (Å²) in [5.74, 6) is -0.426. The number of aromatic nitrogens is 1. The zero-order chi connectivity index (χ0) is 14.0. The highest BCUT2D eigenvalue weighted by Crippen LogP contribution is 2.29. The maximum absolute atomic E-state index is 11.5. The Hall–Kier alpha value is -1.10. The minimum Gasteiger partial charge on any atom is -0.464 e. The fourth-order valence-electron chi connectivity index (χ4n) is 1.67. The van der Waals surface area contributed by atoms with Crippen molar-refractivity contribution in [2.75, 3.05) is 7.11 Å². The first-order valence-corrected chi connectivity index (χ1v) is 7.07. The van der Waals surface area contributed by atoms with Crippen molar-refractivity contribution in [1.29, 1.82) is 0 Å². The molecular weight excluding hydrogens is 305 g/mol. The number of carbonyl (C=O) groups is 1. The molecule has 19 heavy (non-hydrogen) atoms. The Morgan fingerprint density at radius 3 is 2.58 bits per heavy atom. The van der Waals surface area contributed by atoms with Gasteiger partial charge in [-0.3, -0.25) is 0 Å². The van der Waals surface area contributed by atoms with Gasteiger partial charge in [0.05, 0.1) is 12.1 Å². The molecule has 100 valence electrons. The van der Waals surface area contributed by atoms with Crippen LogP contribution in [0.15, 0.2) is 18.2 Å². The van der Waals surface area contributed by atoms with Gasteiger partial charge in [0.25, 0.3) is 0 Å². The Morgan fingerprint density at radius 1 is 1.37 bits per heavy atom. The number of hydrogen-bond acceptors (Lipinski definition) is 4. The van der Waals surface area contributed by atoms with Gasteiger partial charge in [-0.05, 0) is 24.6 Å². The standard InChI is InChI=1S/C13H11Cl2NO2S/c1-7-12(13(17)18-2)16-11(19-7)6-8-9(14)4-3-5-10(8)15/h3-5H,6H2,1-2H3. The van der Waals surface area contributed by atoms with Crippen LogP contribution in [0.1, 0.15) is 25.9 Å². The molecule has 1 aromatic carbocycles. The summed E-state index contributed by atoms with van der Waals surface area (Å²) in [5, 5.41) is 1.98. The number of thiazole rings is 1. The van der Waals surface area contributed by atoms with Crippen LogP contribution in [-0.4, -0.2) is 18.1 Å². The van der Waals surface area contributed by atoms with Gasteiger partial charge in [-0.1, -0.05) is 29.3 Å². The largest absolute Gasteiger partial charge is 0.464 e. The van der Waals surface area contributed by atoms with Crippen LogP contribution >= 0.6 is 34.5 Å². The summed E-state index contributed by atoms with van der Waals surface area (Å²) < 4.78 is 4.68. The Bertz CT molecular complexity index is 605. The van der Waals surface area contributed by atoms with Gasteiger partial charge < -0.3 is 4.74 Å². The molecule has 0 N–H and O–H groups in total. The molecule has 0 fully saturated rings. The minimum absolute atomic E-state index is 0.352. The van der Waals surface area contributed by atoms with Crippen LogP contribution in [0.5, 0.6) is 0 Å². The lowest BCUT2D eigenvalue weighted by Crippen LogP contribution is -2.03. The molecule has 2 aromatic rings. The highest BCUT2D eigenvalue weighted by atomic mass is 35.5. The van der Waals surface area contributed by atoms with Crippen molar-refractivity contribution in [3.63, 3.8) is 0 Å². The summed E-state index contributed by atoms with van der Waals surface area (Å²) in [6.45, 7) is 1.83. The van der Waals surface area contributed by atoms with Crippen molar-refractivity contribution < 1.29 is 9.53 Å². The maximum Gasteiger partial charge on any atom is 0.357 e. The van der Waals surface area contributed by atoms with Gasteiger partial charge in [0, 0.05) is 21.3 Å². The summed E-state index contributed by atoms with van der Waals surface area (Å²) in [7, 11) is 1.34. The van der Waals surface area contributed by atoms with Gasteiger partial charge in [0.2, 0.25) is 0 Å². The van der Waals surface area contributed by atoms with Gasteiger partial charge in [-0.15, -0.1) is 11.3 Å². The highest BCUT2D eigenvalue weighted by Gasteiger charge is 2.17. The van der Waals surface area contributed by atoms with E-state index >= 15 is 0 Å². The molecule has 0 unspecified atom stereocenters. The monoisotopic (exact) mass is 315 g/mol. The molecule has 0 spiro atoms. The first-order chi connectivity index (χ1) is 9.02. The summed E-state index contributed by atoms with van der Waals surface area (Å²) in [6.07, 6.45) is 0.501. The molecule has 0 radical (unpaired) electrons. The maximum atomic E-state index is 11.5. The van der Waals surface area contributed by atoms with Crippen molar-refractivity contribution in [3.8, 4) is 0 Å². The molecule has 3 nitrogen and oxygen atoms in total. The second kappa shape index (κ2) is 5.90. The van der Waals surface area contributed by atoms with Gasteiger partial charge in [-0.25, -0.2) is 9.78 Å². The molecule has 0 aliphatic rings. The van der Waals surface area contributed by atoms with Crippen LogP contribution in [-0.2, 0) is 11.2 Å². The quantitative estimate of drug-likeness (QED) is 0.799.